The Hall–Kier alpha value is -6.52. The van der Waals surface area contributed by atoms with E-state index in [4.69, 9.17) is 0 Å². The Bertz CT molecular complexity index is 3220. The fourth-order valence-electron chi connectivity index (χ4n) is 8.35. The number of rotatable bonds is 6. The minimum atomic E-state index is 1.12. The summed E-state index contributed by atoms with van der Waals surface area (Å²) in [4.78, 5) is 2.47. The summed E-state index contributed by atoms with van der Waals surface area (Å²) in [6.45, 7) is 0. The van der Waals surface area contributed by atoms with Crippen molar-refractivity contribution in [3.05, 3.63) is 200 Å². The lowest BCUT2D eigenvalue weighted by molar-refractivity contribution is 1.30. The summed E-state index contributed by atoms with van der Waals surface area (Å²) in [7, 11) is 0. The Balaban J connectivity index is 1.13. The highest BCUT2D eigenvalue weighted by Crippen LogP contribution is 2.47. The van der Waals surface area contributed by atoms with Crippen LogP contribution in [0, 0.1) is 0 Å². The lowest BCUT2D eigenvalue weighted by atomic mass is 9.94. The van der Waals surface area contributed by atoms with Gasteiger partial charge in [0, 0.05) is 51.7 Å². The highest BCUT2D eigenvalue weighted by Gasteiger charge is 2.20. The first kappa shape index (κ1) is 32.0. The van der Waals surface area contributed by atoms with Crippen molar-refractivity contribution in [1.29, 1.82) is 0 Å². The lowest BCUT2D eigenvalue weighted by Crippen LogP contribution is -2.10. The zero-order valence-electron chi connectivity index (χ0n) is 29.8. The van der Waals surface area contributed by atoms with Gasteiger partial charge in [-0.1, -0.05) is 140 Å². The summed E-state index contributed by atoms with van der Waals surface area (Å²) in [5, 5.41) is 7.80. The standard InChI is InChI=1S/C52H33NS2/c1-2-13-34(14-3-1)36-16-8-17-37(31-36)38-18-9-20-40(32-38)53(45-25-12-28-48-51(45)43-22-4-6-26-46(43)54-48)41-21-10-19-39(33-41)42-24-11-15-35-29-30-49-52(50(35)42)44-23-5-7-27-47(44)55-49/h1-33H. The van der Waals surface area contributed by atoms with Gasteiger partial charge in [-0.2, -0.15) is 0 Å². The molecule has 9 aromatic carbocycles. The van der Waals surface area contributed by atoms with E-state index in [9.17, 15) is 0 Å². The molecule has 3 heteroatoms. The predicted molar refractivity (Wildman–Crippen MR) is 241 cm³/mol. The highest BCUT2D eigenvalue weighted by molar-refractivity contribution is 7.26. The van der Waals surface area contributed by atoms with E-state index in [1.165, 1.54) is 90.2 Å². The van der Waals surface area contributed by atoms with Crippen molar-refractivity contribution in [1.82, 2.24) is 0 Å². The zero-order chi connectivity index (χ0) is 36.3. The molecule has 1 nitrogen and oxygen atoms in total. The topological polar surface area (TPSA) is 3.24 Å². The second-order valence-electron chi connectivity index (χ2n) is 14.1. The molecule has 0 saturated heterocycles. The Morgan fingerprint density at radius 3 is 1.60 bits per heavy atom. The van der Waals surface area contributed by atoms with Gasteiger partial charge in [0.15, 0.2) is 0 Å². The van der Waals surface area contributed by atoms with Crippen LogP contribution < -0.4 is 4.90 Å². The van der Waals surface area contributed by atoms with E-state index in [1.54, 1.807) is 0 Å². The van der Waals surface area contributed by atoms with Gasteiger partial charge in [-0.25, -0.2) is 0 Å². The third-order valence-corrected chi connectivity index (χ3v) is 13.1. The van der Waals surface area contributed by atoms with Gasteiger partial charge in [-0.15, -0.1) is 22.7 Å². The van der Waals surface area contributed by atoms with Gasteiger partial charge >= 0.3 is 0 Å². The maximum Gasteiger partial charge on any atom is 0.0554 e. The average Bonchev–Trinajstić information content (AvgIpc) is 3.83. The Morgan fingerprint density at radius 2 is 0.836 bits per heavy atom. The van der Waals surface area contributed by atoms with Crippen LogP contribution in [0.1, 0.15) is 0 Å². The number of nitrogens with zero attached hydrogens (tertiary/aromatic N) is 1. The van der Waals surface area contributed by atoms with Gasteiger partial charge in [0.1, 0.15) is 0 Å². The number of hydrogen-bond acceptors (Lipinski definition) is 3. The normalized spacial score (nSPS) is 11.6. The van der Waals surface area contributed by atoms with Crippen LogP contribution in [-0.4, -0.2) is 0 Å². The molecule has 258 valence electrons. The van der Waals surface area contributed by atoms with E-state index in [1.807, 2.05) is 22.7 Å². The Labute approximate surface area is 327 Å². The van der Waals surface area contributed by atoms with Crippen molar-refractivity contribution in [2.24, 2.45) is 0 Å². The highest BCUT2D eigenvalue weighted by atomic mass is 32.1. The first-order valence-corrected chi connectivity index (χ1v) is 20.3. The molecule has 55 heavy (non-hydrogen) atoms. The smallest absolute Gasteiger partial charge is 0.0554 e. The third-order valence-electron chi connectivity index (χ3n) is 10.8. The van der Waals surface area contributed by atoms with Crippen LogP contribution in [-0.2, 0) is 0 Å². The summed E-state index contributed by atoms with van der Waals surface area (Å²) in [6, 6.07) is 73.4. The van der Waals surface area contributed by atoms with E-state index in [0.717, 1.165) is 11.4 Å². The van der Waals surface area contributed by atoms with Crippen LogP contribution in [0.15, 0.2) is 200 Å². The minimum absolute atomic E-state index is 1.12. The van der Waals surface area contributed by atoms with Crippen LogP contribution in [0.3, 0.4) is 0 Å². The van der Waals surface area contributed by atoms with Gasteiger partial charge < -0.3 is 4.90 Å². The van der Waals surface area contributed by atoms with E-state index >= 15 is 0 Å². The number of thiophene rings is 2. The van der Waals surface area contributed by atoms with Gasteiger partial charge in [-0.05, 0) is 105 Å². The fourth-order valence-corrected chi connectivity index (χ4v) is 10.6. The molecule has 2 heterocycles. The molecule has 0 radical (unpaired) electrons. The van der Waals surface area contributed by atoms with E-state index in [0.29, 0.717) is 0 Å². The summed E-state index contributed by atoms with van der Waals surface area (Å²) in [6.07, 6.45) is 0. The molecule has 2 aromatic heterocycles. The van der Waals surface area contributed by atoms with Crippen molar-refractivity contribution >= 4 is 90.9 Å². The molecular formula is C52H33NS2. The summed E-state index contributed by atoms with van der Waals surface area (Å²) < 4.78 is 5.23. The molecule has 0 bridgehead atoms. The average molecular weight is 736 g/mol. The summed E-state index contributed by atoms with van der Waals surface area (Å²) >= 11 is 3.74. The minimum Gasteiger partial charge on any atom is -0.310 e. The van der Waals surface area contributed by atoms with Crippen molar-refractivity contribution in [3.8, 4) is 33.4 Å². The Kier molecular flexibility index (Phi) is 7.61. The molecule has 11 rings (SSSR count). The second kappa shape index (κ2) is 13.1. The second-order valence-corrected chi connectivity index (χ2v) is 16.2. The first-order valence-electron chi connectivity index (χ1n) is 18.7. The van der Waals surface area contributed by atoms with E-state index in [2.05, 4.69) is 205 Å². The quantitative estimate of drug-likeness (QED) is 0.164. The zero-order valence-corrected chi connectivity index (χ0v) is 31.4. The Morgan fingerprint density at radius 1 is 0.309 bits per heavy atom. The molecule has 0 saturated carbocycles. The molecular weight excluding hydrogens is 703 g/mol. The SMILES string of the molecule is c1ccc(-c2cccc(-c3cccc(N(c4cccc(-c5cccc6ccc7sc8ccccc8c7c56)c4)c4cccc5sc6ccccc6c45)c3)c2)cc1. The largest absolute Gasteiger partial charge is 0.310 e. The monoisotopic (exact) mass is 735 g/mol. The fraction of sp³-hybridized carbons (Fsp3) is 0. The summed E-state index contributed by atoms with van der Waals surface area (Å²) in [5.41, 5.74) is 10.7. The number of benzene rings is 9. The van der Waals surface area contributed by atoms with Crippen LogP contribution in [0.4, 0.5) is 17.1 Å². The number of anilines is 3. The maximum absolute atomic E-state index is 2.47. The molecule has 0 aliphatic heterocycles. The van der Waals surface area contributed by atoms with Gasteiger partial charge in [-0.3, -0.25) is 0 Å². The number of hydrogen-bond donors (Lipinski definition) is 0. The molecule has 0 atom stereocenters. The molecule has 0 fully saturated rings. The molecule has 0 amide bonds. The van der Waals surface area contributed by atoms with Crippen molar-refractivity contribution < 1.29 is 0 Å². The van der Waals surface area contributed by atoms with Crippen LogP contribution in [0.2, 0.25) is 0 Å². The van der Waals surface area contributed by atoms with E-state index in [-0.39, 0.29) is 0 Å². The van der Waals surface area contributed by atoms with Gasteiger partial charge in [0.25, 0.3) is 0 Å². The van der Waals surface area contributed by atoms with E-state index < -0.39 is 0 Å². The number of fused-ring (bicyclic) bond motifs is 8. The molecule has 0 aliphatic rings. The van der Waals surface area contributed by atoms with Gasteiger partial charge in [0.05, 0.1) is 5.69 Å². The molecule has 0 spiro atoms. The van der Waals surface area contributed by atoms with Crippen molar-refractivity contribution in [2.75, 3.05) is 4.90 Å². The van der Waals surface area contributed by atoms with Crippen LogP contribution in [0.25, 0.3) is 84.5 Å². The van der Waals surface area contributed by atoms with Crippen molar-refractivity contribution in [3.63, 3.8) is 0 Å². The molecule has 0 N–H and O–H groups in total. The van der Waals surface area contributed by atoms with Crippen LogP contribution in [0.5, 0.6) is 0 Å². The lowest BCUT2D eigenvalue weighted by Gasteiger charge is -2.27. The molecule has 11 aromatic rings. The molecule has 0 unspecified atom stereocenters. The van der Waals surface area contributed by atoms with Crippen molar-refractivity contribution in [2.45, 2.75) is 0 Å². The maximum atomic E-state index is 2.47. The summed E-state index contributed by atoms with van der Waals surface area (Å²) in [5.74, 6) is 0. The first-order chi connectivity index (χ1) is 27.3. The van der Waals surface area contributed by atoms with Gasteiger partial charge in [0.2, 0.25) is 0 Å². The van der Waals surface area contributed by atoms with Crippen LogP contribution >= 0.6 is 22.7 Å². The molecule has 0 aliphatic carbocycles. The third kappa shape index (κ3) is 5.43. The predicted octanol–water partition coefficient (Wildman–Crippen LogP) is 16.0.